The lowest BCUT2D eigenvalue weighted by Gasteiger charge is -2.07. The summed E-state index contributed by atoms with van der Waals surface area (Å²) >= 11 is 0. The van der Waals surface area contributed by atoms with Crippen molar-refractivity contribution in [1.82, 2.24) is 10.3 Å². The highest BCUT2D eigenvalue weighted by Crippen LogP contribution is 2.05. The Balaban J connectivity index is 2.60. The van der Waals surface area contributed by atoms with E-state index in [4.69, 9.17) is 5.73 Å². The molecular weight excluding hydrogens is 220 g/mol. The second-order valence-corrected chi connectivity index (χ2v) is 4.03. The van der Waals surface area contributed by atoms with Crippen molar-refractivity contribution in [2.75, 3.05) is 11.9 Å². The summed E-state index contributed by atoms with van der Waals surface area (Å²) < 4.78 is 0. The highest BCUT2D eigenvalue weighted by atomic mass is 16.2. The minimum absolute atomic E-state index is 0.232. The normalized spacial score (nSPS) is 10.1. The molecule has 0 aliphatic rings. The number of nitrogens with two attached hydrogens (primary N) is 1. The molecule has 0 unspecified atom stereocenters. The number of nitrogens with one attached hydrogen (secondary N) is 2. The van der Waals surface area contributed by atoms with Crippen LogP contribution in [0.5, 0.6) is 0 Å². The summed E-state index contributed by atoms with van der Waals surface area (Å²) in [6.07, 6.45) is 1.38. The molecule has 3 amide bonds. The van der Waals surface area contributed by atoms with Crippen LogP contribution in [0.3, 0.4) is 0 Å². The van der Waals surface area contributed by atoms with Gasteiger partial charge in [-0.1, -0.05) is 13.8 Å². The number of hydrogen-bond acceptors (Lipinski definition) is 3. The third-order valence-corrected chi connectivity index (χ3v) is 1.93. The van der Waals surface area contributed by atoms with Gasteiger partial charge in [0.25, 0.3) is 5.91 Å². The van der Waals surface area contributed by atoms with Gasteiger partial charge < -0.3 is 16.4 Å². The van der Waals surface area contributed by atoms with Crippen molar-refractivity contribution in [3.63, 3.8) is 0 Å². The molecule has 0 aliphatic heterocycles. The highest BCUT2D eigenvalue weighted by molar-refractivity contribution is 5.93. The van der Waals surface area contributed by atoms with Crippen molar-refractivity contribution >= 4 is 17.6 Å². The third-order valence-electron chi connectivity index (χ3n) is 1.93. The van der Waals surface area contributed by atoms with Gasteiger partial charge in [-0.3, -0.25) is 4.79 Å². The number of pyridine rings is 1. The minimum Gasteiger partial charge on any atom is -0.351 e. The monoisotopic (exact) mass is 236 g/mol. The molecule has 17 heavy (non-hydrogen) atoms. The highest BCUT2D eigenvalue weighted by Gasteiger charge is 2.07. The minimum atomic E-state index is -0.663. The quantitative estimate of drug-likeness (QED) is 0.726. The summed E-state index contributed by atoms with van der Waals surface area (Å²) in [5.41, 5.74) is 5.71. The zero-order chi connectivity index (χ0) is 12.8. The Morgan fingerprint density at radius 1 is 1.41 bits per heavy atom. The van der Waals surface area contributed by atoms with E-state index in [1.807, 2.05) is 13.8 Å². The third kappa shape index (κ3) is 4.50. The molecule has 0 atom stereocenters. The fourth-order valence-corrected chi connectivity index (χ4v) is 1.13. The van der Waals surface area contributed by atoms with E-state index >= 15 is 0 Å². The molecule has 0 aromatic carbocycles. The average molecular weight is 236 g/mol. The predicted molar refractivity (Wildman–Crippen MR) is 64.6 cm³/mol. The largest absolute Gasteiger partial charge is 0.351 e. The zero-order valence-electron chi connectivity index (χ0n) is 9.86. The number of amides is 3. The molecule has 0 bridgehead atoms. The van der Waals surface area contributed by atoms with Crippen molar-refractivity contribution in [2.24, 2.45) is 11.7 Å². The number of carbonyl (C=O) groups excluding carboxylic acids is 2. The van der Waals surface area contributed by atoms with Crippen LogP contribution in [0.4, 0.5) is 10.5 Å². The zero-order valence-corrected chi connectivity index (χ0v) is 9.86. The Bertz CT molecular complexity index is 400. The van der Waals surface area contributed by atoms with Crippen LogP contribution in [0.15, 0.2) is 18.3 Å². The predicted octanol–water partition coefficient (Wildman–Crippen LogP) is 0.958. The lowest BCUT2D eigenvalue weighted by molar-refractivity contribution is 0.0944. The Morgan fingerprint density at radius 3 is 2.59 bits per heavy atom. The molecule has 1 aromatic heterocycles. The molecule has 0 spiro atoms. The molecule has 6 heteroatoms. The van der Waals surface area contributed by atoms with Crippen molar-refractivity contribution in [1.29, 1.82) is 0 Å². The van der Waals surface area contributed by atoms with E-state index in [1.165, 1.54) is 12.3 Å². The van der Waals surface area contributed by atoms with E-state index < -0.39 is 6.03 Å². The summed E-state index contributed by atoms with van der Waals surface area (Å²) in [7, 11) is 0. The van der Waals surface area contributed by atoms with Crippen LogP contribution in [0, 0.1) is 5.92 Å². The van der Waals surface area contributed by atoms with Gasteiger partial charge in [0.2, 0.25) is 0 Å². The summed E-state index contributed by atoms with van der Waals surface area (Å²) in [4.78, 5) is 26.1. The van der Waals surface area contributed by atoms with Crippen molar-refractivity contribution in [2.45, 2.75) is 13.8 Å². The maximum Gasteiger partial charge on any atom is 0.316 e. The number of urea groups is 1. The van der Waals surface area contributed by atoms with Crippen LogP contribution in [0.25, 0.3) is 0 Å². The van der Waals surface area contributed by atoms with E-state index in [-0.39, 0.29) is 5.91 Å². The maximum atomic E-state index is 11.6. The van der Waals surface area contributed by atoms with Gasteiger partial charge in [0.05, 0.1) is 11.9 Å². The fourth-order valence-electron chi connectivity index (χ4n) is 1.13. The summed E-state index contributed by atoms with van der Waals surface area (Å²) in [6.45, 7) is 4.61. The molecule has 0 saturated heterocycles. The van der Waals surface area contributed by atoms with Gasteiger partial charge in [0, 0.05) is 6.54 Å². The lowest BCUT2D eigenvalue weighted by atomic mass is 10.2. The van der Waals surface area contributed by atoms with Crippen molar-refractivity contribution in [3.05, 3.63) is 24.0 Å². The molecule has 0 aliphatic carbocycles. The molecular formula is C11H16N4O2. The van der Waals surface area contributed by atoms with Crippen molar-refractivity contribution < 1.29 is 9.59 Å². The van der Waals surface area contributed by atoms with Crippen molar-refractivity contribution in [3.8, 4) is 0 Å². The Morgan fingerprint density at radius 2 is 2.12 bits per heavy atom. The summed E-state index contributed by atoms with van der Waals surface area (Å²) in [5.74, 6) is 0.152. The van der Waals surface area contributed by atoms with E-state index in [0.717, 1.165) is 0 Å². The van der Waals surface area contributed by atoms with E-state index in [9.17, 15) is 9.59 Å². The van der Waals surface area contributed by atoms with Gasteiger partial charge in [-0.25, -0.2) is 9.78 Å². The molecule has 1 heterocycles. The maximum absolute atomic E-state index is 11.6. The Hall–Kier alpha value is -2.11. The molecule has 0 saturated carbocycles. The first-order valence-electron chi connectivity index (χ1n) is 5.29. The Kier molecular flexibility index (Phi) is 4.45. The van der Waals surface area contributed by atoms with Gasteiger partial charge in [0.15, 0.2) is 0 Å². The van der Waals surface area contributed by atoms with E-state index in [2.05, 4.69) is 15.6 Å². The number of anilines is 1. The van der Waals surface area contributed by atoms with Crippen LogP contribution < -0.4 is 16.4 Å². The van der Waals surface area contributed by atoms with Gasteiger partial charge in [-0.2, -0.15) is 0 Å². The standard InChI is InChI=1S/C11H16N4O2/c1-7(2)5-14-10(16)9-4-3-8(6-13-9)15-11(12)17/h3-4,6-7H,5H2,1-2H3,(H,14,16)(H3,12,15,17). The molecule has 1 rings (SSSR count). The average Bonchev–Trinajstić information content (AvgIpc) is 2.26. The molecule has 1 aromatic rings. The first-order chi connectivity index (χ1) is 7.99. The molecule has 4 N–H and O–H groups in total. The number of rotatable bonds is 4. The van der Waals surface area contributed by atoms with Gasteiger partial charge in [-0.05, 0) is 18.1 Å². The first kappa shape index (κ1) is 13.0. The first-order valence-corrected chi connectivity index (χ1v) is 5.29. The molecule has 0 radical (unpaired) electrons. The number of nitrogens with zero attached hydrogens (tertiary/aromatic N) is 1. The van der Waals surface area contributed by atoms with Gasteiger partial charge in [-0.15, -0.1) is 0 Å². The smallest absolute Gasteiger partial charge is 0.316 e. The van der Waals surface area contributed by atoms with Gasteiger partial charge >= 0.3 is 6.03 Å². The summed E-state index contributed by atoms with van der Waals surface area (Å²) in [5, 5.41) is 5.11. The summed E-state index contributed by atoms with van der Waals surface area (Å²) in [6, 6.07) is 2.44. The van der Waals surface area contributed by atoms with E-state index in [1.54, 1.807) is 6.07 Å². The van der Waals surface area contributed by atoms with Crippen LogP contribution >= 0.6 is 0 Å². The van der Waals surface area contributed by atoms with Crippen LogP contribution in [-0.4, -0.2) is 23.5 Å². The van der Waals surface area contributed by atoms with Crippen LogP contribution in [-0.2, 0) is 0 Å². The number of carbonyl (C=O) groups is 2. The Labute approximate surface area is 99.6 Å². The molecule has 0 fully saturated rings. The number of hydrogen-bond donors (Lipinski definition) is 3. The number of primary amides is 1. The molecule has 6 nitrogen and oxygen atoms in total. The fraction of sp³-hybridized carbons (Fsp3) is 0.364. The SMILES string of the molecule is CC(C)CNC(=O)c1ccc(NC(N)=O)cn1. The second kappa shape index (κ2) is 5.83. The molecule has 92 valence electrons. The number of aromatic nitrogens is 1. The lowest BCUT2D eigenvalue weighted by Crippen LogP contribution is -2.28. The second-order valence-electron chi connectivity index (χ2n) is 4.03. The van der Waals surface area contributed by atoms with Gasteiger partial charge in [0.1, 0.15) is 5.69 Å². The van der Waals surface area contributed by atoms with Crippen LogP contribution in [0.1, 0.15) is 24.3 Å². The van der Waals surface area contributed by atoms with Crippen LogP contribution in [0.2, 0.25) is 0 Å². The van der Waals surface area contributed by atoms with E-state index in [0.29, 0.717) is 23.8 Å². The topological polar surface area (TPSA) is 97.1 Å².